The fraction of sp³-hybridized carbons (Fsp3) is 0.400. The smallest absolute Gasteiger partial charge is 0.251 e. The number of nitrogens with zero attached hydrogens (tertiary/aromatic N) is 1. The molecule has 1 amide bonds. The molecule has 1 aromatic rings. The van der Waals surface area contributed by atoms with Crippen LogP contribution >= 0.6 is 0 Å². The summed E-state index contributed by atoms with van der Waals surface area (Å²) in [6.07, 6.45) is 3.38. The number of amides is 1. The summed E-state index contributed by atoms with van der Waals surface area (Å²) in [4.78, 5) is 16.4. The summed E-state index contributed by atoms with van der Waals surface area (Å²) in [5, 5.41) is 2.81. The van der Waals surface area contributed by atoms with Crippen LogP contribution in [0.25, 0.3) is 0 Å². The zero-order valence-electron chi connectivity index (χ0n) is 8.65. The van der Waals surface area contributed by atoms with E-state index in [9.17, 15) is 4.79 Å². The minimum absolute atomic E-state index is 0.0664. The minimum atomic E-state index is -0.0664. The number of nitrogens with one attached hydrogen (secondary N) is 1. The second kappa shape index (κ2) is 4.60. The van der Waals surface area contributed by atoms with Crippen molar-refractivity contribution >= 4 is 5.91 Å². The summed E-state index contributed by atoms with van der Waals surface area (Å²) in [6, 6.07) is 3.57. The van der Waals surface area contributed by atoms with Gasteiger partial charge in [-0.3, -0.25) is 9.63 Å². The van der Waals surface area contributed by atoms with Gasteiger partial charge in [-0.05, 0) is 13.8 Å². The van der Waals surface area contributed by atoms with Gasteiger partial charge in [-0.1, -0.05) is 0 Å². The van der Waals surface area contributed by atoms with Crippen molar-refractivity contribution in [1.82, 2.24) is 5.32 Å². The number of hydrogen-bond donors (Lipinski definition) is 1. The summed E-state index contributed by atoms with van der Waals surface area (Å²) in [6.45, 7) is 3.85. The first kappa shape index (κ1) is 10.5. The molecule has 0 unspecified atom stereocenters. The van der Waals surface area contributed by atoms with Gasteiger partial charge in [0.1, 0.15) is 7.11 Å². The Hall–Kier alpha value is -1.58. The van der Waals surface area contributed by atoms with Crippen molar-refractivity contribution in [2.75, 3.05) is 7.11 Å². The fourth-order valence-electron chi connectivity index (χ4n) is 1.03. The molecule has 0 bridgehead atoms. The Balaban J connectivity index is 2.71. The predicted octanol–water partition coefficient (Wildman–Crippen LogP) is 0.171. The van der Waals surface area contributed by atoms with Gasteiger partial charge in [0.2, 0.25) is 12.4 Å². The third-order valence-electron chi connectivity index (χ3n) is 1.69. The molecule has 1 rings (SSSR count). The van der Waals surface area contributed by atoms with E-state index in [-0.39, 0.29) is 11.9 Å². The average Bonchev–Trinajstić information content (AvgIpc) is 2.17. The van der Waals surface area contributed by atoms with Gasteiger partial charge in [-0.25, -0.2) is 0 Å². The number of hydrogen-bond acceptors (Lipinski definition) is 2. The first-order valence-corrected chi connectivity index (χ1v) is 4.50. The van der Waals surface area contributed by atoms with Crippen LogP contribution in [-0.2, 0) is 0 Å². The number of carbonyl (C=O) groups is 1. The molecule has 4 heteroatoms. The lowest BCUT2D eigenvalue weighted by Crippen LogP contribution is -2.40. The van der Waals surface area contributed by atoms with E-state index in [0.717, 1.165) is 0 Å². The lowest BCUT2D eigenvalue weighted by Gasteiger charge is -2.06. The topological polar surface area (TPSA) is 42.2 Å². The quantitative estimate of drug-likeness (QED) is 0.699. The Kier molecular flexibility index (Phi) is 3.45. The van der Waals surface area contributed by atoms with E-state index >= 15 is 0 Å². The van der Waals surface area contributed by atoms with Crippen LogP contribution in [0, 0.1) is 0 Å². The van der Waals surface area contributed by atoms with Crippen molar-refractivity contribution < 1.29 is 14.4 Å². The van der Waals surface area contributed by atoms with Gasteiger partial charge in [0.25, 0.3) is 5.91 Å². The lowest BCUT2D eigenvalue weighted by molar-refractivity contribution is -0.885. The van der Waals surface area contributed by atoms with Crippen LogP contribution in [0.1, 0.15) is 24.2 Å². The molecule has 76 valence electrons. The molecule has 0 aliphatic rings. The highest BCUT2D eigenvalue weighted by molar-refractivity contribution is 5.94. The Morgan fingerprint density at radius 2 is 2.00 bits per heavy atom. The molecule has 1 aromatic heterocycles. The van der Waals surface area contributed by atoms with E-state index in [1.807, 2.05) is 13.8 Å². The van der Waals surface area contributed by atoms with Crippen LogP contribution in [0.5, 0.6) is 0 Å². The second-order valence-corrected chi connectivity index (χ2v) is 3.26. The third kappa shape index (κ3) is 2.73. The molecule has 0 fully saturated rings. The molecular weight excluding hydrogens is 180 g/mol. The van der Waals surface area contributed by atoms with Crippen LogP contribution in [0.15, 0.2) is 24.5 Å². The lowest BCUT2D eigenvalue weighted by atomic mass is 10.2. The van der Waals surface area contributed by atoms with Crippen LogP contribution in [0.3, 0.4) is 0 Å². The van der Waals surface area contributed by atoms with E-state index in [1.165, 1.54) is 4.73 Å². The second-order valence-electron chi connectivity index (χ2n) is 3.26. The van der Waals surface area contributed by atoms with Crippen molar-refractivity contribution in [3.8, 4) is 0 Å². The van der Waals surface area contributed by atoms with E-state index < -0.39 is 0 Å². The van der Waals surface area contributed by atoms with Crippen LogP contribution in [0.4, 0.5) is 0 Å². The molecule has 0 aromatic carbocycles. The van der Waals surface area contributed by atoms with Gasteiger partial charge in [-0.2, -0.15) is 0 Å². The maximum absolute atomic E-state index is 11.5. The summed E-state index contributed by atoms with van der Waals surface area (Å²) >= 11 is 0. The molecule has 0 saturated heterocycles. The van der Waals surface area contributed by atoms with Crippen molar-refractivity contribution in [1.29, 1.82) is 0 Å². The first-order valence-electron chi connectivity index (χ1n) is 4.50. The zero-order valence-corrected chi connectivity index (χ0v) is 8.65. The van der Waals surface area contributed by atoms with E-state index in [4.69, 9.17) is 4.84 Å². The molecule has 0 aliphatic carbocycles. The Bertz CT molecular complexity index is 306. The third-order valence-corrected chi connectivity index (χ3v) is 1.69. The molecule has 0 atom stereocenters. The number of aromatic nitrogens is 1. The maximum atomic E-state index is 11.5. The molecule has 0 radical (unpaired) electrons. The Morgan fingerprint density at radius 3 is 2.43 bits per heavy atom. The summed E-state index contributed by atoms with van der Waals surface area (Å²) in [7, 11) is 1.56. The van der Waals surface area contributed by atoms with Gasteiger partial charge >= 0.3 is 0 Å². The van der Waals surface area contributed by atoms with Crippen molar-refractivity contribution in [3.63, 3.8) is 0 Å². The van der Waals surface area contributed by atoms with Crippen molar-refractivity contribution in [2.45, 2.75) is 19.9 Å². The largest absolute Gasteiger partial charge is 0.350 e. The predicted molar refractivity (Wildman–Crippen MR) is 51.7 cm³/mol. The van der Waals surface area contributed by atoms with Crippen molar-refractivity contribution in [3.05, 3.63) is 30.1 Å². The summed E-state index contributed by atoms with van der Waals surface area (Å²) in [5.41, 5.74) is 0.631. The van der Waals surface area contributed by atoms with Gasteiger partial charge in [0, 0.05) is 22.9 Å². The summed E-state index contributed by atoms with van der Waals surface area (Å²) in [5.74, 6) is -0.0664. The Morgan fingerprint density at radius 1 is 1.43 bits per heavy atom. The number of rotatable bonds is 3. The van der Waals surface area contributed by atoms with Gasteiger partial charge in [0.15, 0.2) is 0 Å². The molecular formula is C10H15N2O2+. The van der Waals surface area contributed by atoms with Gasteiger partial charge in [-0.15, -0.1) is 0 Å². The molecule has 1 N–H and O–H groups in total. The van der Waals surface area contributed by atoms with Gasteiger partial charge in [0.05, 0.1) is 5.56 Å². The zero-order chi connectivity index (χ0) is 10.6. The van der Waals surface area contributed by atoms with E-state index in [1.54, 1.807) is 31.6 Å². The van der Waals surface area contributed by atoms with Crippen LogP contribution < -0.4 is 14.9 Å². The first-order chi connectivity index (χ1) is 6.63. The van der Waals surface area contributed by atoms with Crippen LogP contribution in [0.2, 0.25) is 0 Å². The van der Waals surface area contributed by atoms with E-state index in [2.05, 4.69) is 5.32 Å². The fourth-order valence-corrected chi connectivity index (χ4v) is 1.03. The highest BCUT2D eigenvalue weighted by atomic mass is 16.6. The van der Waals surface area contributed by atoms with E-state index in [0.29, 0.717) is 5.56 Å². The average molecular weight is 195 g/mol. The SMILES string of the molecule is CO[n+]1ccc(C(=O)NC(C)C)cc1. The van der Waals surface area contributed by atoms with Crippen LogP contribution in [-0.4, -0.2) is 19.1 Å². The molecule has 1 heterocycles. The highest BCUT2D eigenvalue weighted by Gasteiger charge is 2.08. The monoisotopic (exact) mass is 195 g/mol. The molecule has 0 aliphatic heterocycles. The number of carbonyl (C=O) groups excluding carboxylic acids is 1. The Labute approximate surface area is 83.5 Å². The maximum Gasteiger partial charge on any atom is 0.251 e. The number of pyridine rings is 1. The summed E-state index contributed by atoms with van der Waals surface area (Å²) < 4.78 is 1.52. The molecule has 14 heavy (non-hydrogen) atoms. The normalized spacial score (nSPS) is 10.0. The molecule has 0 saturated carbocycles. The highest BCUT2D eigenvalue weighted by Crippen LogP contribution is 1.95. The standard InChI is InChI=1S/C10H14N2O2/c1-8(2)11-10(13)9-4-6-12(14-3)7-5-9/h4-8H,1-3H3/p+1. The molecule has 0 spiro atoms. The van der Waals surface area contributed by atoms with Crippen molar-refractivity contribution in [2.24, 2.45) is 0 Å². The molecule has 4 nitrogen and oxygen atoms in total. The minimum Gasteiger partial charge on any atom is -0.350 e. The van der Waals surface area contributed by atoms with Gasteiger partial charge < -0.3 is 5.32 Å².